The Balaban J connectivity index is 0.00000242. The number of methoxy groups -OCH3 is 1. The Morgan fingerprint density at radius 1 is 1.05 bits per heavy atom. The van der Waals surface area contributed by atoms with Crippen molar-refractivity contribution in [3.05, 3.63) is 42.0 Å². The van der Waals surface area contributed by atoms with E-state index in [0.717, 1.165) is 22.1 Å². The molecule has 0 aromatic heterocycles. The lowest BCUT2D eigenvalue weighted by atomic mass is 10.0. The molecule has 0 saturated carbocycles. The van der Waals surface area contributed by atoms with Gasteiger partial charge in [-0.2, -0.15) is 0 Å². The molecule has 2 aromatic rings. The quantitative estimate of drug-likeness (QED) is 0.760. The highest BCUT2D eigenvalue weighted by molar-refractivity contribution is 5.85. The van der Waals surface area contributed by atoms with Crippen LogP contribution in [-0.4, -0.2) is 31.2 Å². The third-order valence-corrected chi connectivity index (χ3v) is 3.40. The van der Waals surface area contributed by atoms with Crippen LogP contribution in [0.15, 0.2) is 36.4 Å². The van der Waals surface area contributed by atoms with E-state index in [4.69, 9.17) is 9.57 Å². The van der Waals surface area contributed by atoms with Crippen LogP contribution >= 0.6 is 0 Å². The summed E-state index contributed by atoms with van der Waals surface area (Å²) in [4.78, 5) is 17.2. The second kappa shape index (κ2) is 8.39. The van der Waals surface area contributed by atoms with E-state index in [1.807, 2.05) is 50.2 Å². The Morgan fingerprint density at radius 3 is 2.32 bits per heavy atom. The molecule has 0 atom stereocenters. The van der Waals surface area contributed by atoms with Gasteiger partial charge in [-0.1, -0.05) is 31.7 Å². The highest BCUT2D eigenvalue weighted by Crippen LogP contribution is 2.22. The molecule has 0 aliphatic heterocycles. The molecule has 0 aliphatic carbocycles. The Hall–Kier alpha value is -2.07. The predicted molar refractivity (Wildman–Crippen MR) is 89.9 cm³/mol. The van der Waals surface area contributed by atoms with Gasteiger partial charge in [0.25, 0.3) is 0 Å². The molecule has 0 aliphatic rings. The summed E-state index contributed by atoms with van der Waals surface area (Å²) in [5, 5.41) is 3.83. The van der Waals surface area contributed by atoms with Crippen molar-refractivity contribution in [1.82, 2.24) is 5.06 Å². The average molecular weight is 303 g/mol. The van der Waals surface area contributed by atoms with Gasteiger partial charge in [0, 0.05) is 13.1 Å². The largest absolute Gasteiger partial charge is 0.497 e. The summed E-state index contributed by atoms with van der Waals surface area (Å²) in [7, 11) is 1.65. The van der Waals surface area contributed by atoms with Crippen molar-refractivity contribution in [2.45, 2.75) is 27.7 Å². The summed E-state index contributed by atoms with van der Waals surface area (Å²) in [6, 6.07) is 11.8. The summed E-state index contributed by atoms with van der Waals surface area (Å²) in [6.07, 6.45) is 0.276. The highest BCUT2D eigenvalue weighted by Gasteiger charge is 2.10. The van der Waals surface area contributed by atoms with Gasteiger partial charge in [-0.3, -0.25) is 0 Å². The smallest absolute Gasteiger partial charge is 0.329 e. The van der Waals surface area contributed by atoms with Gasteiger partial charge in [-0.05, 0) is 42.3 Å². The first-order chi connectivity index (χ1) is 10.2. The van der Waals surface area contributed by atoms with Crippen LogP contribution in [-0.2, 0) is 16.1 Å². The van der Waals surface area contributed by atoms with Crippen LogP contribution in [0.4, 0.5) is 0 Å². The lowest BCUT2D eigenvalue weighted by Gasteiger charge is -2.17. The summed E-state index contributed by atoms with van der Waals surface area (Å²) in [6.45, 7) is 5.31. The fourth-order valence-corrected chi connectivity index (χ4v) is 2.21. The molecule has 120 valence electrons. The first-order valence-corrected chi connectivity index (χ1v) is 7.18. The Labute approximate surface area is 132 Å². The van der Waals surface area contributed by atoms with Crippen molar-refractivity contribution in [2.24, 2.45) is 0 Å². The molecule has 0 fully saturated rings. The van der Waals surface area contributed by atoms with Gasteiger partial charge in [0.1, 0.15) is 5.75 Å². The molecule has 0 saturated heterocycles. The number of ether oxygens (including phenoxy) is 1. The van der Waals surface area contributed by atoms with Gasteiger partial charge < -0.3 is 9.57 Å². The number of rotatable bonds is 6. The van der Waals surface area contributed by atoms with Crippen LogP contribution in [0.2, 0.25) is 0 Å². The SMILES string of the molecule is C.CCN(CC)OC(=O)Cc1ccc2cc(OC)ccc2c1. The van der Waals surface area contributed by atoms with E-state index in [1.54, 1.807) is 12.2 Å². The summed E-state index contributed by atoms with van der Waals surface area (Å²) < 4.78 is 5.21. The molecule has 2 rings (SSSR count). The molecule has 0 N–H and O–H groups in total. The number of hydrogen-bond acceptors (Lipinski definition) is 4. The first-order valence-electron chi connectivity index (χ1n) is 7.18. The van der Waals surface area contributed by atoms with E-state index in [0.29, 0.717) is 13.1 Å². The van der Waals surface area contributed by atoms with Gasteiger partial charge in [0.05, 0.1) is 13.5 Å². The van der Waals surface area contributed by atoms with Gasteiger partial charge in [-0.15, -0.1) is 5.06 Å². The zero-order valence-electron chi connectivity index (χ0n) is 12.8. The summed E-state index contributed by atoms with van der Waals surface area (Å²) >= 11 is 0. The topological polar surface area (TPSA) is 38.8 Å². The Kier molecular flexibility index (Phi) is 6.86. The molecule has 2 aromatic carbocycles. The number of hydrogen-bond donors (Lipinski definition) is 0. The maximum absolute atomic E-state index is 11.9. The predicted octanol–water partition coefficient (Wildman–Crippen LogP) is 3.83. The molecule has 4 nitrogen and oxygen atoms in total. The zero-order valence-corrected chi connectivity index (χ0v) is 12.8. The molecular weight excluding hydrogens is 278 g/mol. The van der Waals surface area contributed by atoms with E-state index >= 15 is 0 Å². The summed E-state index contributed by atoms with van der Waals surface area (Å²) in [5.41, 5.74) is 0.949. The number of fused-ring (bicyclic) bond motifs is 1. The second-order valence-corrected chi connectivity index (χ2v) is 4.80. The maximum Gasteiger partial charge on any atom is 0.329 e. The lowest BCUT2D eigenvalue weighted by molar-refractivity contribution is -0.187. The Bertz CT molecular complexity index is 621. The number of hydroxylamine groups is 2. The number of benzene rings is 2. The van der Waals surface area contributed by atoms with Crippen molar-refractivity contribution >= 4 is 16.7 Å². The fourth-order valence-electron chi connectivity index (χ4n) is 2.21. The number of carbonyl (C=O) groups is 1. The second-order valence-electron chi connectivity index (χ2n) is 4.80. The van der Waals surface area contributed by atoms with E-state index < -0.39 is 0 Å². The number of nitrogens with zero attached hydrogens (tertiary/aromatic N) is 1. The van der Waals surface area contributed by atoms with Gasteiger partial charge in [0.2, 0.25) is 0 Å². The van der Waals surface area contributed by atoms with Crippen molar-refractivity contribution in [1.29, 1.82) is 0 Å². The molecule has 0 radical (unpaired) electrons. The number of carbonyl (C=O) groups excluding carboxylic acids is 1. The lowest BCUT2D eigenvalue weighted by Crippen LogP contribution is -2.27. The minimum Gasteiger partial charge on any atom is -0.497 e. The van der Waals surface area contributed by atoms with E-state index in [1.165, 1.54) is 0 Å². The van der Waals surface area contributed by atoms with Crippen LogP contribution in [0.25, 0.3) is 10.8 Å². The molecule has 22 heavy (non-hydrogen) atoms. The van der Waals surface area contributed by atoms with Gasteiger partial charge in [-0.25, -0.2) is 4.79 Å². The van der Waals surface area contributed by atoms with Crippen molar-refractivity contribution in [2.75, 3.05) is 20.2 Å². The highest BCUT2D eigenvalue weighted by atomic mass is 16.7. The van der Waals surface area contributed by atoms with Gasteiger partial charge in [0.15, 0.2) is 0 Å². The zero-order chi connectivity index (χ0) is 15.2. The minimum atomic E-state index is -0.230. The fraction of sp³-hybridized carbons (Fsp3) is 0.389. The molecule has 0 spiro atoms. The summed E-state index contributed by atoms with van der Waals surface area (Å²) in [5.74, 6) is 0.600. The standard InChI is InChI=1S/C17H21NO3.CH4/c1-4-18(5-2)21-17(19)11-13-6-7-15-12-16(20-3)9-8-14(15)10-13;/h6-10,12H,4-5,11H2,1-3H3;1H4. The molecular formula is C18H25NO3. The molecule has 0 unspecified atom stereocenters. The molecule has 0 amide bonds. The Morgan fingerprint density at radius 2 is 1.68 bits per heavy atom. The van der Waals surface area contributed by atoms with Crippen molar-refractivity contribution < 1.29 is 14.4 Å². The van der Waals surface area contributed by atoms with Crippen LogP contribution in [0.3, 0.4) is 0 Å². The average Bonchev–Trinajstić information content (AvgIpc) is 2.52. The first kappa shape index (κ1) is 18.0. The third-order valence-electron chi connectivity index (χ3n) is 3.40. The molecule has 4 heteroatoms. The van der Waals surface area contributed by atoms with Crippen LogP contribution < -0.4 is 4.74 Å². The third kappa shape index (κ3) is 4.46. The monoisotopic (exact) mass is 303 g/mol. The minimum absolute atomic E-state index is 0. The van der Waals surface area contributed by atoms with E-state index in [-0.39, 0.29) is 19.8 Å². The van der Waals surface area contributed by atoms with Crippen molar-refractivity contribution in [3.63, 3.8) is 0 Å². The maximum atomic E-state index is 11.9. The van der Waals surface area contributed by atoms with Gasteiger partial charge >= 0.3 is 5.97 Å². The normalized spacial score (nSPS) is 10.4. The molecule has 0 bridgehead atoms. The van der Waals surface area contributed by atoms with Crippen molar-refractivity contribution in [3.8, 4) is 5.75 Å². The van der Waals surface area contributed by atoms with Crippen LogP contribution in [0.1, 0.15) is 26.8 Å². The van der Waals surface area contributed by atoms with Crippen LogP contribution in [0, 0.1) is 0 Å². The van der Waals surface area contributed by atoms with E-state index in [2.05, 4.69) is 0 Å². The van der Waals surface area contributed by atoms with E-state index in [9.17, 15) is 4.79 Å². The van der Waals surface area contributed by atoms with Crippen LogP contribution in [0.5, 0.6) is 5.75 Å². The molecule has 0 heterocycles.